The third kappa shape index (κ3) is 4.14. The number of alkyl halides is 3. The Kier molecular flexibility index (Phi) is 5.24. The number of hydrogen-bond acceptors (Lipinski definition) is 4. The van der Waals surface area contributed by atoms with Crippen LogP contribution in [0, 0.1) is 0 Å². The molecule has 1 fully saturated rings. The van der Waals surface area contributed by atoms with Crippen molar-refractivity contribution < 1.29 is 26.4 Å². The number of aromatic nitrogens is 2. The van der Waals surface area contributed by atoms with E-state index in [1.807, 2.05) is 0 Å². The summed E-state index contributed by atoms with van der Waals surface area (Å²) < 4.78 is 64.2. The Morgan fingerprint density at radius 3 is 2.37 bits per heavy atom. The van der Waals surface area contributed by atoms with E-state index in [9.17, 15) is 26.4 Å². The first-order valence-electron chi connectivity index (χ1n) is 8.14. The quantitative estimate of drug-likeness (QED) is 0.851. The molecule has 1 N–H and O–H groups in total. The molecular weight excluding hydrogens is 385 g/mol. The van der Waals surface area contributed by atoms with Crippen LogP contribution in [0.15, 0.2) is 41.8 Å². The van der Waals surface area contributed by atoms with Gasteiger partial charge in [0, 0.05) is 31.7 Å². The van der Waals surface area contributed by atoms with Gasteiger partial charge in [0.25, 0.3) is 15.9 Å². The van der Waals surface area contributed by atoms with Gasteiger partial charge in [0.15, 0.2) is 5.03 Å². The van der Waals surface area contributed by atoms with Crippen LogP contribution in [0.2, 0.25) is 0 Å². The SMILES string of the molecule is O=C(c1ccc(C(F)(F)F)cc1)N1CCCN(S(=O)(=O)c2cnc[nH]2)CC1. The molecule has 1 aliphatic heterocycles. The largest absolute Gasteiger partial charge is 0.416 e. The van der Waals surface area contributed by atoms with Crippen molar-refractivity contribution in [3.8, 4) is 0 Å². The summed E-state index contributed by atoms with van der Waals surface area (Å²) in [5.74, 6) is -0.426. The van der Waals surface area contributed by atoms with E-state index in [-0.39, 0.29) is 30.2 Å². The molecule has 1 saturated heterocycles. The van der Waals surface area contributed by atoms with Gasteiger partial charge < -0.3 is 9.88 Å². The van der Waals surface area contributed by atoms with E-state index in [0.717, 1.165) is 24.3 Å². The van der Waals surface area contributed by atoms with E-state index >= 15 is 0 Å². The molecule has 0 atom stereocenters. The zero-order valence-corrected chi connectivity index (χ0v) is 14.9. The molecule has 1 aromatic carbocycles. The Bertz CT molecular complexity index is 896. The Balaban J connectivity index is 1.70. The van der Waals surface area contributed by atoms with Gasteiger partial charge in [-0.2, -0.15) is 17.5 Å². The lowest BCUT2D eigenvalue weighted by Crippen LogP contribution is -2.37. The number of nitrogens with zero attached hydrogens (tertiary/aromatic N) is 3. The first kappa shape index (κ1) is 19.4. The lowest BCUT2D eigenvalue weighted by Gasteiger charge is -2.21. The van der Waals surface area contributed by atoms with Crippen molar-refractivity contribution >= 4 is 15.9 Å². The number of benzene rings is 1. The Labute approximate surface area is 153 Å². The molecule has 1 aliphatic rings. The highest BCUT2D eigenvalue weighted by Crippen LogP contribution is 2.29. The zero-order chi connectivity index (χ0) is 19.7. The summed E-state index contributed by atoms with van der Waals surface area (Å²) in [6.07, 6.45) is -1.57. The summed E-state index contributed by atoms with van der Waals surface area (Å²) >= 11 is 0. The third-order valence-electron chi connectivity index (χ3n) is 4.29. The molecule has 1 aromatic heterocycles. The minimum absolute atomic E-state index is 0.0231. The minimum atomic E-state index is -4.47. The fourth-order valence-corrected chi connectivity index (χ4v) is 4.21. The highest BCUT2D eigenvalue weighted by atomic mass is 32.2. The lowest BCUT2D eigenvalue weighted by molar-refractivity contribution is -0.137. The minimum Gasteiger partial charge on any atom is -0.337 e. The highest BCUT2D eigenvalue weighted by molar-refractivity contribution is 7.89. The number of rotatable bonds is 3. The molecule has 2 aromatic rings. The predicted octanol–water partition coefficient (Wildman–Crippen LogP) is 1.97. The van der Waals surface area contributed by atoms with Gasteiger partial charge in [0.2, 0.25) is 0 Å². The van der Waals surface area contributed by atoms with Crippen LogP contribution >= 0.6 is 0 Å². The van der Waals surface area contributed by atoms with Crippen molar-refractivity contribution in [2.45, 2.75) is 17.6 Å². The average molecular weight is 402 g/mol. The zero-order valence-electron chi connectivity index (χ0n) is 14.1. The van der Waals surface area contributed by atoms with Crippen molar-refractivity contribution in [3.05, 3.63) is 47.9 Å². The summed E-state index contributed by atoms with van der Waals surface area (Å²) in [4.78, 5) is 20.3. The Morgan fingerprint density at radius 1 is 1.07 bits per heavy atom. The Hall–Kier alpha value is -2.40. The van der Waals surface area contributed by atoms with Gasteiger partial charge in [0.05, 0.1) is 18.1 Å². The molecular formula is C16H17F3N4O3S. The fourth-order valence-electron chi connectivity index (χ4n) is 2.84. The molecule has 3 rings (SSSR count). The van der Waals surface area contributed by atoms with E-state index in [1.165, 1.54) is 21.7 Å². The third-order valence-corrected chi connectivity index (χ3v) is 6.12. The maximum atomic E-state index is 12.6. The summed E-state index contributed by atoms with van der Waals surface area (Å²) in [5, 5.41) is -0.0231. The summed E-state index contributed by atoms with van der Waals surface area (Å²) in [6, 6.07) is 3.99. The second-order valence-corrected chi connectivity index (χ2v) is 7.95. The second kappa shape index (κ2) is 7.31. The highest BCUT2D eigenvalue weighted by Gasteiger charge is 2.31. The van der Waals surface area contributed by atoms with Crippen LogP contribution in [0.3, 0.4) is 0 Å². The number of halogens is 3. The fraction of sp³-hybridized carbons (Fsp3) is 0.375. The molecule has 11 heteroatoms. The number of amides is 1. The smallest absolute Gasteiger partial charge is 0.337 e. The second-order valence-electron chi connectivity index (χ2n) is 6.04. The number of hydrogen-bond donors (Lipinski definition) is 1. The van der Waals surface area contributed by atoms with Crippen LogP contribution < -0.4 is 0 Å². The van der Waals surface area contributed by atoms with Crippen LogP contribution in [-0.2, 0) is 16.2 Å². The van der Waals surface area contributed by atoms with E-state index in [1.54, 1.807) is 0 Å². The van der Waals surface area contributed by atoms with Crippen LogP contribution in [0.25, 0.3) is 0 Å². The first-order chi connectivity index (χ1) is 12.7. The number of nitrogens with one attached hydrogen (secondary N) is 1. The van der Waals surface area contributed by atoms with E-state index in [4.69, 9.17) is 0 Å². The number of sulfonamides is 1. The Morgan fingerprint density at radius 2 is 1.78 bits per heavy atom. The van der Waals surface area contributed by atoms with Crippen molar-refractivity contribution in [1.29, 1.82) is 0 Å². The first-order valence-corrected chi connectivity index (χ1v) is 9.58. The maximum absolute atomic E-state index is 12.6. The lowest BCUT2D eigenvalue weighted by atomic mass is 10.1. The van der Waals surface area contributed by atoms with Gasteiger partial charge in [-0.3, -0.25) is 4.79 Å². The molecule has 1 amide bonds. The normalized spacial score (nSPS) is 16.9. The molecule has 2 heterocycles. The molecule has 0 aliphatic carbocycles. The van der Waals surface area contributed by atoms with Crippen LogP contribution in [0.4, 0.5) is 13.2 Å². The summed E-state index contributed by atoms with van der Waals surface area (Å²) in [5.41, 5.74) is -0.695. The molecule has 0 bridgehead atoms. The topological polar surface area (TPSA) is 86.4 Å². The molecule has 7 nitrogen and oxygen atoms in total. The van der Waals surface area contributed by atoms with Crippen LogP contribution in [-0.4, -0.2) is 59.7 Å². The van der Waals surface area contributed by atoms with Crippen molar-refractivity contribution in [1.82, 2.24) is 19.2 Å². The van der Waals surface area contributed by atoms with Gasteiger partial charge >= 0.3 is 6.18 Å². The maximum Gasteiger partial charge on any atom is 0.416 e. The van der Waals surface area contributed by atoms with Crippen molar-refractivity contribution in [2.24, 2.45) is 0 Å². The van der Waals surface area contributed by atoms with E-state index < -0.39 is 27.7 Å². The molecule has 0 unspecified atom stereocenters. The van der Waals surface area contributed by atoms with Gasteiger partial charge in [0.1, 0.15) is 0 Å². The van der Waals surface area contributed by atoms with E-state index in [2.05, 4.69) is 9.97 Å². The van der Waals surface area contributed by atoms with Crippen molar-refractivity contribution in [2.75, 3.05) is 26.2 Å². The van der Waals surface area contributed by atoms with Crippen molar-refractivity contribution in [3.63, 3.8) is 0 Å². The van der Waals surface area contributed by atoms with Crippen LogP contribution in [0.5, 0.6) is 0 Å². The monoisotopic (exact) mass is 402 g/mol. The standard InChI is InChI=1S/C16H17F3N4O3S/c17-16(18,19)13-4-2-12(3-5-13)15(24)22-6-1-7-23(9-8-22)27(25,26)14-10-20-11-21-14/h2-5,10-11H,1,6-9H2,(H,20,21). The van der Waals surface area contributed by atoms with Gasteiger partial charge in [-0.25, -0.2) is 13.4 Å². The molecule has 0 saturated carbocycles. The van der Waals surface area contributed by atoms with Gasteiger partial charge in [-0.1, -0.05) is 0 Å². The van der Waals surface area contributed by atoms with Gasteiger partial charge in [-0.05, 0) is 30.7 Å². The molecule has 27 heavy (non-hydrogen) atoms. The number of imidazole rings is 1. The number of carbonyl (C=O) groups excluding carboxylic acids is 1. The van der Waals surface area contributed by atoms with Crippen LogP contribution in [0.1, 0.15) is 22.3 Å². The average Bonchev–Trinajstić information content (AvgIpc) is 3.06. The molecule has 0 spiro atoms. The van der Waals surface area contributed by atoms with Gasteiger partial charge in [-0.15, -0.1) is 0 Å². The molecule has 146 valence electrons. The molecule has 0 radical (unpaired) electrons. The number of carbonyl (C=O) groups is 1. The number of H-pyrrole nitrogens is 1. The number of aromatic amines is 1. The van der Waals surface area contributed by atoms with E-state index in [0.29, 0.717) is 13.0 Å². The predicted molar refractivity (Wildman–Crippen MR) is 89.3 cm³/mol. The summed E-state index contributed by atoms with van der Waals surface area (Å²) in [6.45, 7) is 0.786. The summed E-state index contributed by atoms with van der Waals surface area (Å²) in [7, 11) is -3.73.